The minimum Gasteiger partial charge on any atom is -0.491 e. The average molecular weight is 1100 g/mol. The summed E-state index contributed by atoms with van der Waals surface area (Å²) in [5.41, 5.74) is 4.64. The van der Waals surface area contributed by atoms with Gasteiger partial charge in [-0.3, -0.25) is 28.8 Å². The molecule has 81 heavy (non-hydrogen) atoms. The normalized spacial score (nSPS) is 11.5. The smallest absolute Gasteiger partial charge is 0.329 e. The van der Waals surface area contributed by atoms with Crippen LogP contribution in [-0.4, -0.2) is 114 Å². The third-order valence-corrected chi connectivity index (χ3v) is 13.7. The van der Waals surface area contributed by atoms with E-state index in [2.05, 4.69) is 9.97 Å². The van der Waals surface area contributed by atoms with Gasteiger partial charge in [-0.2, -0.15) is 0 Å². The number of pyridine rings is 2. The van der Waals surface area contributed by atoms with Gasteiger partial charge >= 0.3 is 23.3 Å². The number of H-pyrrole nitrogens is 2. The van der Waals surface area contributed by atoms with Crippen molar-refractivity contribution in [3.05, 3.63) is 209 Å². The number of aliphatic carboxylic acids is 2. The molecule has 0 amide bonds. The fourth-order valence-electron chi connectivity index (χ4n) is 9.99. The lowest BCUT2D eigenvalue weighted by Gasteiger charge is -2.10. The van der Waals surface area contributed by atoms with Crippen LogP contribution in [0.2, 0.25) is 0 Å². The van der Waals surface area contributed by atoms with E-state index in [4.69, 9.17) is 33.9 Å². The molecule has 4 aromatic carbocycles. The summed E-state index contributed by atoms with van der Waals surface area (Å²) in [7, 11) is 0. The summed E-state index contributed by atoms with van der Waals surface area (Å²) in [6.07, 6.45) is 3.59. The monoisotopic (exact) mass is 1100 g/mol. The van der Waals surface area contributed by atoms with E-state index in [1.54, 1.807) is 12.4 Å². The van der Waals surface area contributed by atoms with E-state index in [0.717, 1.165) is 44.4 Å². The van der Waals surface area contributed by atoms with Crippen molar-refractivity contribution in [3.8, 4) is 33.8 Å². The fraction of sp³-hybridized carbons (Fsp3) is 0.200. The molecule has 0 spiro atoms. The quantitative estimate of drug-likeness (QED) is 0.0383. The number of carbonyl (C=O) groups excluding carboxylic acids is 2. The van der Waals surface area contributed by atoms with Gasteiger partial charge in [-0.05, 0) is 109 Å². The number of nitrogens with zero attached hydrogens (tertiary/aromatic N) is 4. The number of hydrogen-bond donors (Lipinski definition) is 4. The number of ether oxygens (including phenoxy) is 5. The number of aromatic amines is 2. The molecule has 0 saturated carbocycles. The number of nitrogens with one attached hydrogen (secondary N) is 2. The third-order valence-electron chi connectivity index (χ3n) is 13.7. The van der Waals surface area contributed by atoms with Gasteiger partial charge in [-0.25, -0.2) is 18.7 Å². The first kappa shape index (κ1) is 54.4. The van der Waals surface area contributed by atoms with Gasteiger partial charge in [-0.15, -0.1) is 0 Å². The van der Waals surface area contributed by atoms with Crippen LogP contribution in [0.1, 0.15) is 43.2 Å². The predicted molar refractivity (Wildman–Crippen MR) is 298 cm³/mol. The number of carboxylic acid groups (broad SMARTS) is 2. The molecule has 10 aromatic rings. The molecule has 0 atom stereocenters. The Hall–Kier alpha value is -9.96. The summed E-state index contributed by atoms with van der Waals surface area (Å²) in [5.74, 6) is -2.07. The van der Waals surface area contributed by atoms with E-state index in [1.807, 2.05) is 108 Å². The molecule has 0 radical (unpaired) electrons. The standard InChI is InChI=1S/C60H52N6O15/c1-35-51(47-7-3-5-21-63(47)53(35)55(71)39-13-19-43-45(31-39)61-59(75)65(57(43)73)33-49(67)68)37-9-15-41(16-10-37)80-29-27-78-25-23-77-24-26-79-28-30-81-42-17-11-38(12-18-42)52-36(2)54(64-22-6-4-8-48(52)64)56(72)40-14-20-44-46(32-40)62-60(76)66(58(44)74)34-50(69)70/h3-22,31-32H,23-30,33-34H2,1-2H3,(H,61,75)(H,62,76)(H,67,68)(H,69,70). The van der Waals surface area contributed by atoms with Gasteiger partial charge in [0, 0.05) is 34.6 Å². The molecule has 4 N–H and O–H groups in total. The summed E-state index contributed by atoms with van der Waals surface area (Å²) in [6.45, 7) is 4.87. The third kappa shape index (κ3) is 11.2. The van der Waals surface area contributed by atoms with E-state index in [-0.39, 0.29) is 44.5 Å². The number of rotatable bonds is 24. The van der Waals surface area contributed by atoms with Gasteiger partial charge in [0.2, 0.25) is 11.6 Å². The highest BCUT2D eigenvalue weighted by Gasteiger charge is 2.26. The number of ketones is 2. The molecule has 0 saturated heterocycles. The van der Waals surface area contributed by atoms with Crippen molar-refractivity contribution in [2.45, 2.75) is 26.9 Å². The van der Waals surface area contributed by atoms with Crippen LogP contribution in [0.4, 0.5) is 0 Å². The van der Waals surface area contributed by atoms with Crippen LogP contribution in [0.25, 0.3) is 55.1 Å². The maximum Gasteiger partial charge on any atom is 0.329 e. The van der Waals surface area contributed by atoms with Gasteiger partial charge in [0.05, 0.1) is 83.9 Å². The summed E-state index contributed by atoms with van der Waals surface area (Å²) in [4.78, 5) is 107. The molecule has 0 unspecified atom stereocenters. The largest absolute Gasteiger partial charge is 0.491 e. The molecular formula is C60H52N6O15. The maximum absolute atomic E-state index is 14.1. The summed E-state index contributed by atoms with van der Waals surface area (Å²) >= 11 is 0. The van der Waals surface area contributed by atoms with Crippen LogP contribution in [0.15, 0.2) is 153 Å². The highest BCUT2D eigenvalue weighted by molar-refractivity contribution is 6.14. The summed E-state index contributed by atoms with van der Waals surface area (Å²) in [5, 5.41) is 18.4. The Labute approximate surface area is 458 Å². The first-order valence-electron chi connectivity index (χ1n) is 25.6. The van der Waals surface area contributed by atoms with Crippen molar-refractivity contribution in [2.24, 2.45) is 0 Å². The summed E-state index contributed by atoms with van der Waals surface area (Å²) in [6, 6.07) is 34.9. The van der Waals surface area contributed by atoms with E-state index in [9.17, 15) is 38.4 Å². The number of benzene rings is 4. The first-order valence-corrected chi connectivity index (χ1v) is 25.6. The molecule has 412 valence electrons. The molecule has 0 aliphatic carbocycles. The number of fused-ring (bicyclic) bond motifs is 4. The first-order chi connectivity index (χ1) is 39.2. The second-order valence-corrected chi connectivity index (χ2v) is 18.8. The molecular weight excluding hydrogens is 1040 g/mol. The van der Waals surface area contributed by atoms with Gasteiger partial charge in [0.1, 0.15) is 37.8 Å². The second kappa shape index (κ2) is 23.6. The van der Waals surface area contributed by atoms with Crippen LogP contribution in [0.3, 0.4) is 0 Å². The second-order valence-electron chi connectivity index (χ2n) is 18.8. The molecule has 21 nitrogen and oxygen atoms in total. The lowest BCUT2D eigenvalue weighted by atomic mass is 9.98. The van der Waals surface area contributed by atoms with Crippen LogP contribution >= 0.6 is 0 Å². The number of carboxylic acids is 2. The SMILES string of the molecule is Cc1c(-c2ccc(OCCOCCOCCOCCOc3ccc(-c4c(C)c(C(=O)c5ccc6c(=O)n(CC(=O)O)c(=O)[nH]c6c5)n5ccccc45)cc3)cc2)c2ccccn2c1C(=O)c1ccc2c(=O)n(CC(=O)O)c(=O)[nH]c2c1. The Kier molecular flexibility index (Phi) is 15.8. The van der Waals surface area contributed by atoms with Gasteiger partial charge in [0.15, 0.2) is 0 Å². The zero-order valence-corrected chi connectivity index (χ0v) is 43.8. The highest BCUT2D eigenvalue weighted by atomic mass is 16.6. The van der Waals surface area contributed by atoms with Crippen molar-refractivity contribution >= 4 is 56.3 Å². The minimum absolute atomic E-state index is 0.0785. The van der Waals surface area contributed by atoms with E-state index < -0.39 is 47.5 Å². The van der Waals surface area contributed by atoms with Crippen molar-refractivity contribution in [3.63, 3.8) is 0 Å². The molecule has 0 fully saturated rings. The van der Waals surface area contributed by atoms with Crippen LogP contribution in [-0.2, 0) is 36.9 Å². The Balaban J connectivity index is 0.648. The highest BCUT2D eigenvalue weighted by Crippen LogP contribution is 2.37. The Morgan fingerprint density at radius 3 is 1.21 bits per heavy atom. The van der Waals surface area contributed by atoms with Crippen molar-refractivity contribution in [2.75, 3.05) is 52.9 Å². The zero-order valence-electron chi connectivity index (χ0n) is 43.8. The lowest BCUT2D eigenvalue weighted by Crippen LogP contribution is -2.37. The molecule has 6 heterocycles. The maximum atomic E-state index is 14.1. The lowest BCUT2D eigenvalue weighted by molar-refractivity contribution is -0.138. The molecule has 21 heteroatoms. The number of hydrogen-bond acceptors (Lipinski definition) is 13. The zero-order chi connectivity index (χ0) is 56.9. The Bertz CT molecular complexity index is 4060. The van der Waals surface area contributed by atoms with Gasteiger partial charge in [-0.1, -0.05) is 48.5 Å². The molecule has 0 aliphatic rings. The van der Waals surface area contributed by atoms with Crippen LogP contribution in [0, 0.1) is 13.8 Å². The molecule has 0 bridgehead atoms. The molecule has 6 aromatic heterocycles. The topological polar surface area (TPSA) is 273 Å². The van der Waals surface area contributed by atoms with Crippen LogP contribution < -0.4 is 32.0 Å². The van der Waals surface area contributed by atoms with Gasteiger partial charge in [0.25, 0.3) is 11.1 Å². The van der Waals surface area contributed by atoms with E-state index >= 15 is 0 Å². The van der Waals surface area contributed by atoms with Crippen molar-refractivity contribution in [1.29, 1.82) is 0 Å². The van der Waals surface area contributed by atoms with Gasteiger partial charge < -0.3 is 52.7 Å². The number of aromatic nitrogens is 6. The molecule has 0 aliphatic heterocycles. The fourth-order valence-corrected chi connectivity index (χ4v) is 9.99. The molecule has 10 rings (SSSR count). The van der Waals surface area contributed by atoms with Crippen molar-refractivity contribution in [1.82, 2.24) is 27.9 Å². The van der Waals surface area contributed by atoms with Crippen molar-refractivity contribution < 1.29 is 53.1 Å². The Morgan fingerprint density at radius 2 is 0.840 bits per heavy atom. The van der Waals surface area contributed by atoms with E-state index in [0.29, 0.717) is 84.9 Å². The van der Waals surface area contributed by atoms with E-state index in [1.165, 1.54) is 36.4 Å². The number of carbonyl (C=O) groups is 4. The minimum atomic E-state index is -1.34. The summed E-state index contributed by atoms with van der Waals surface area (Å²) < 4.78 is 33.7. The Morgan fingerprint density at radius 1 is 0.469 bits per heavy atom. The van der Waals surface area contributed by atoms with Crippen LogP contribution in [0.5, 0.6) is 11.5 Å². The predicted octanol–water partition coefficient (Wildman–Crippen LogP) is 6.29. The average Bonchev–Trinajstić information content (AvgIpc) is 3.93.